The molecule has 1 heterocycles. The molecular weight excluding hydrogens is 210 g/mol. The molecule has 0 amide bonds. The van der Waals surface area contributed by atoms with Crippen LogP contribution in [0.15, 0.2) is 30.3 Å². The third-order valence-electron chi connectivity index (χ3n) is 3.28. The van der Waals surface area contributed by atoms with Crippen molar-refractivity contribution >= 4 is 0 Å². The number of hydrogen-bond acceptors (Lipinski definition) is 2. The lowest BCUT2D eigenvalue weighted by Crippen LogP contribution is -2.36. The molecule has 1 aromatic carbocycles. The minimum atomic E-state index is -2.36. The van der Waals surface area contributed by atoms with Crippen LogP contribution in [0.2, 0.25) is 0 Å². The topological polar surface area (TPSA) is 29.3 Å². The zero-order valence-corrected chi connectivity index (χ0v) is 9.18. The second-order valence-corrected chi connectivity index (χ2v) is 4.36. The smallest absolute Gasteiger partial charge is 0.254 e. The summed E-state index contributed by atoms with van der Waals surface area (Å²) >= 11 is 0. The van der Waals surface area contributed by atoms with Crippen molar-refractivity contribution < 1.29 is 8.78 Å². The Morgan fingerprint density at radius 3 is 2.50 bits per heavy atom. The van der Waals surface area contributed by atoms with Gasteiger partial charge in [-0.2, -0.15) is 0 Å². The number of alkyl halides is 2. The monoisotopic (exact) mass is 226 g/mol. The number of rotatable bonds is 2. The molecule has 1 unspecified atom stereocenters. The summed E-state index contributed by atoms with van der Waals surface area (Å²) in [5, 5.41) is 0. The van der Waals surface area contributed by atoms with Crippen molar-refractivity contribution in [3.8, 4) is 0 Å². The number of benzene rings is 1. The first kappa shape index (κ1) is 11.5. The minimum Gasteiger partial charge on any atom is -0.326 e. The van der Waals surface area contributed by atoms with Crippen molar-refractivity contribution in [1.82, 2.24) is 4.90 Å². The fraction of sp³-hybridized carbons (Fsp3) is 0.500. The molecule has 0 spiro atoms. The predicted molar refractivity (Wildman–Crippen MR) is 59.6 cm³/mol. The maximum absolute atomic E-state index is 13.0. The molecule has 1 aliphatic heterocycles. The van der Waals surface area contributed by atoms with Gasteiger partial charge in [-0.25, -0.2) is 8.78 Å². The lowest BCUT2D eigenvalue weighted by atomic mass is 9.89. The van der Waals surface area contributed by atoms with Gasteiger partial charge in [-0.3, -0.25) is 4.90 Å². The summed E-state index contributed by atoms with van der Waals surface area (Å²) in [4.78, 5) is 1.66. The lowest BCUT2D eigenvalue weighted by Gasteiger charge is -2.25. The molecule has 16 heavy (non-hydrogen) atoms. The molecule has 4 heteroatoms. The Morgan fingerprint density at radius 2 is 1.94 bits per heavy atom. The maximum atomic E-state index is 13.0. The summed E-state index contributed by atoms with van der Waals surface area (Å²) in [7, 11) is 1.71. The van der Waals surface area contributed by atoms with E-state index in [1.54, 1.807) is 11.9 Å². The number of likely N-dealkylation sites (N-methyl/N-ethyl adjacent to an activating group) is 1. The second kappa shape index (κ2) is 4.47. The first-order chi connectivity index (χ1) is 7.61. The highest BCUT2D eigenvalue weighted by atomic mass is 19.3. The van der Waals surface area contributed by atoms with Gasteiger partial charge >= 0.3 is 0 Å². The Labute approximate surface area is 94.0 Å². The van der Waals surface area contributed by atoms with Crippen LogP contribution in [-0.4, -0.2) is 37.0 Å². The van der Waals surface area contributed by atoms with Crippen molar-refractivity contribution in [1.29, 1.82) is 0 Å². The SMILES string of the molecule is CN1C[C@H](N)C(c2ccccc2)[C@H]1C(F)F. The number of nitrogens with zero attached hydrogens (tertiary/aromatic N) is 1. The van der Waals surface area contributed by atoms with E-state index < -0.39 is 12.5 Å². The quantitative estimate of drug-likeness (QED) is 0.831. The number of likely N-dealkylation sites (tertiary alicyclic amines) is 1. The van der Waals surface area contributed by atoms with Crippen LogP contribution in [0, 0.1) is 0 Å². The van der Waals surface area contributed by atoms with Crippen LogP contribution in [0.25, 0.3) is 0 Å². The fourth-order valence-electron chi connectivity index (χ4n) is 2.56. The highest BCUT2D eigenvalue weighted by Crippen LogP contribution is 2.34. The van der Waals surface area contributed by atoms with E-state index in [-0.39, 0.29) is 12.0 Å². The molecule has 2 nitrogen and oxygen atoms in total. The van der Waals surface area contributed by atoms with Crippen molar-refractivity contribution in [3.05, 3.63) is 35.9 Å². The van der Waals surface area contributed by atoms with Crippen LogP contribution >= 0.6 is 0 Å². The molecule has 2 rings (SSSR count). The molecule has 1 saturated heterocycles. The molecule has 0 aliphatic carbocycles. The maximum Gasteiger partial charge on any atom is 0.254 e. The van der Waals surface area contributed by atoms with Gasteiger partial charge in [-0.15, -0.1) is 0 Å². The van der Waals surface area contributed by atoms with E-state index in [1.165, 1.54) is 0 Å². The predicted octanol–water partition coefficient (Wildman–Crippen LogP) is 1.68. The molecule has 1 aliphatic rings. The molecule has 0 radical (unpaired) electrons. The lowest BCUT2D eigenvalue weighted by molar-refractivity contribution is 0.0513. The summed E-state index contributed by atoms with van der Waals surface area (Å²) in [6.45, 7) is 0.522. The Balaban J connectivity index is 2.31. The fourth-order valence-corrected chi connectivity index (χ4v) is 2.56. The molecule has 0 saturated carbocycles. The Bertz CT molecular complexity index is 342. The normalized spacial score (nSPS) is 31.2. The third kappa shape index (κ3) is 1.95. The Kier molecular flexibility index (Phi) is 3.21. The minimum absolute atomic E-state index is 0.216. The molecule has 3 atom stereocenters. The van der Waals surface area contributed by atoms with Gasteiger partial charge in [0.15, 0.2) is 0 Å². The average Bonchev–Trinajstić information content (AvgIpc) is 2.55. The van der Waals surface area contributed by atoms with E-state index in [4.69, 9.17) is 5.73 Å². The Morgan fingerprint density at radius 1 is 1.31 bits per heavy atom. The van der Waals surface area contributed by atoms with E-state index in [1.807, 2.05) is 30.3 Å². The van der Waals surface area contributed by atoms with Crippen molar-refractivity contribution in [2.75, 3.05) is 13.6 Å². The van der Waals surface area contributed by atoms with Crippen LogP contribution in [0.4, 0.5) is 8.78 Å². The van der Waals surface area contributed by atoms with E-state index in [0.717, 1.165) is 5.56 Å². The zero-order valence-electron chi connectivity index (χ0n) is 9.18. The largest absolute Gasteiger partial charge is 0.326 e. The standard InChI is InChI=1S/C12H16F2N2/c1-16-7-9(15)10(11(16)12(13)14)8-5-3-2-4-6-8/h2-6,9-12H,7,15H2,1H3/t9-,10?,11-/m0/s1. The third-order valence-corrected chi connectivity index (χ3v) is 3.28. The van der Waals surface area contributed by atoms with Gasteiger partial charge in [0.2, 0.25) is 0 Å². The summed E-state index contributed by atoms with van der Waals surface area (Å²) in [6, 6.07) is 8.37. The molecule has 0 bridgehead atoms. The van der Waals surface area contributed by atoms with Crippen molar-refractivity contribution in [3.63, 3.8) is 0 Å². The number of nitrogens with two attached hydrogens (primary N) is 1. The molecular formula is C12H16F2N2. The number of halogens is 2. The van der Waals surface area contributed by atoms with Crippen LogP contribution in [0.5, 0.6) is 0 Å². The first-order valence-corrected chi connectivity index (χ1v) is 5.40. The van der Waals surface area contributed by atoms with Crippen LogP contribution in [0.3, 0.4) is 0 Å². The highest BCUT2D eigenvalue weighted by molar-refractivity contribution is 5.25. The highest BCUT2D eigenvalue weighted by Gasteiger charge is 2.43. The van der Waals surface area contributed by atoms with E-state index in [2.05, 4.69) is 0 Å². The van der Waals surface area contributed by atoms with E-state index in [9.17, 15) is 8.78 Å². The zero-order chi connectivity index (χ0) is 11.7. The van der Waals surface area contributed by atoms with Gasteiger partial charge in [0.05, 0.1) is 6.04 Å². The van der Waals surface area contributed by atoms with E-state index in [0.29, 0.717) is 6.54 Å². The summed E-state index contributed by atoms with van der Waals surface area (Å²) in [5.74, 6) is -0.272. The van der Waals surface area contributed by atoms with Gasteiger partial charge in [0.25, 0.3) is 6.43 Å². The summed E-state index contributed by atoms with van der Waals surface area (Å²) in [5.41, 5.74) is 6.86. The van der Waals surface area contributed by atoms with Crippen molar-refractivity contribution in [2.45, 2.75) is 24.4 Å². The van der Waals surface area contributed by atoms with Crippen LogP contribution < -0.4 is 5.73 Å². The number of hydrogen-bond donors (Lipinski definition) is 1. The van der Waals surface area contributed by atoms with Gasteiger partial charge in [-0.05, 0) is 12.6 Å². The van der Waals surface area contributed by atoms with Crippen LogP contribution in [-0.2, 0) is 0 Å². The van der Waals surface area contributed by atoms with Crippen LogP contribution in [0.1, 0.15) is 11.5 Å². The molecule has 1 aromatic rings. The molecule has 88 valence electrons. The molecule has 0 aromatic heterocycles. The van der Waals surface area contributed by atoms with Gasteiger partial charge in [0.1, 0.15) is 0 Å². The van der Waals surface area contributed by atoms with Gasteiger partial charge < -0.3 is 5.73 Å². The second-order valence-electron chi connectivity index (χ2n) is 4.36. The first-order valence-electron chi connectivity index (χ1n) is 5.40. The average molecular weight is 226 g/mol. The molecule has 1 fully saturated rings. The Hall–Kier alpha value is -1.00. The van der Waals surface area contributed by atoms with E-state index >= 15 is 0 Å². The van der Waals surface area contributed by atoms with Crippen molar-refractivity contribution in [2.24, 2.45) is 5.73 Å². The van der Waals surface area contributed by atoms with Gasteiger partial charge in [0, 0.05) is 18.5 Å². The molecule has 2 N–H and O–H groups in total. The summed E-state index contributed by atoms with van der Waals surface area (Å²) < 4.78 is 26.0. The van der Waals surface area contributed by atoms with Gasteiger partial charge in [-0.1, -0.05) is 30.3 Å². The summed E-state index contributed by atoms with van der Waals surface area (Å²) in [6.07, 6.45) is -2.36.